The highest BCUT2D eigenvalue weighted by molar-refractivity contribution is 9.10. The summed E-state index contributed by atoms with van der Waals surface area (Å²) < 4.78 is 2.80. The lowest BCUT2D eigenvalue weighted by atomic mass is 9.96. The van der Waals surface area contributed by atoms with Gasteiger partial charge in [-0.2, -0.15) is 0 Å². The first-order valence-corrected chi connectivity index (χ1v) is 7.17. The van der Waals surface area contributed by atoms with Crippen LogP contribution in [0.4, 0.5) is 5.82 Å². The normalized spacial score (nSPS) is 11.9. The molecule has 0 atom stereocenters. The van der Waals surface area contributed by atoms with Gasteiger partial charge in [0.2, 0.25) is 0 Å². The summed E-state index contributed by atoms with van der Waals surface area (Å²) in [6, 6.07) is 5.74. The number of aromatic nitrogens is 2. The van der Waals surface area contributed by atoms with Crippen LogP contribution in [0.25, 0.3) is 11.3 Å². The SMILES string of the molecule is Cn1c(C(C)(C)C)nc(-c2ccc(Br)c(Cl)c2)c1N. The first-order valence-electron chi connectivity index (χ1n) is 6.00. The zero-order chi connectivity index (χ0) is 14.4. The molecule has 3 nitrogen and oxygen atoms in total. The molecule has 0 amide bonds. The van der Waals surface area contributed by atoms with Crippen molar-refractivity contribution >= 4 is 33.3 Å². The highest BCUT2D eigenvalue weighted by atomic mass is 79.9. The minimum atomic E-state index is -0.0553. The van der Waals surface area contributed by atoms with Crippen LogP contribution in [0.3, 0.4) is 0 Å². The molecule has 2 aromatic rings. The number of benzene rings is 1. The van der Waals surface area contributed by atoms with Gasteiger partial charge >= 0.3 is 0 Å². The zero-order valence-corrected chi connectivity index (χ0v) is 13.8. The molecule has 0 bridgehead atoms. The van der Waals surface area contributed by atoms with Crippen LogP contribution in [0, 0.1) is 0 Å². The van der Waals surface area contributed by atoms with Gasteiger partial charge in [-0.3, -0.25) is 0 Å². The van der Waals surface area contributed by atoms with Crippen molar-refractivity contribution in [2.24, 2.45) is 7.05 Å². The van der Waals surface area contributed by atoms with E-state index in [1.54, 1.807) is 0 Å². The molecule has 0 aliphatic carbocycles. The van der Waals surface area contributed by atoms with Crippen LogP contribution >= 0.6 is 27.5 Å². The van der Waals surface area contributed by atoms with Crippen LogP contribution in [0.1, 0.15) is 26.6 Å². The Morgan fingerprint density at radius 1 is 1.32 bits per heavy atom. The Hall–Kier alpha value is -1.00. The number of hydrogen-bond donors (Lipinski definition) is 1. The van der Waals surface area contributed by atoms with Crippen LogP contribution in [-0.2, 0) is 12.5 Å². The molecule has 0 aliphatic rings. The lowest BCUT2D eigenvalue weighted by Gasteiger charge is -2.17. The monoisotopic (exact) mass is 341 g/mol. The maximum Gasteiger partial charge on any atom is 0.131 e. The first-order chi connectivity index (χ1) is 8.71. The molecule has 0 radical (unpaired) electrons. The van der Waals surface area contributed by atoms with E-state index in [0.29, 0.717) is 10.8 Å². The van der Waals surface area contributed by atoms with Gasteiger partial charge in [-0.05, 0) is 28.1 Å². The predicted molar refractivity (Wildman–Crippen MR) is 84.5 cm³/mol. The van der Waals surface area contributed by atoms with E-state index in [0.717, 1.165) is 21.6 Å². The minimum absolute atomic E-state index is 0.0553. The minimum Gasteiger partial charge on any atom is -0.383 e. The molecule has 102 valence electrons. The molecule has 2 N–H and O–H groups in total. The number of nitrogens with two attached hydrogens (primary N) is 1. The van der Waals surface area contributed by atoms with Crippen LogP contribution in [0.2, 0.25) is 5.02 Å². The van der Waals surface area contributed by atoms with E-state index in [2.05, 4.69) is 41.7 Å². The molecule has 0 saturated carbocycles. The highest BCUT2D eigenvalue weighted by Crippen LogP contribution is 2.34. The Balaban J connectivity index is 2.60. The molecule has 0 saturated heterocycles. The first kappa shape index (κ1) is 14.4. The summed E-state index contributed by atoms with van der Waals surface area (Å²) in [5.41, 5.74) is 7.82. The average molecular weight is 343 g/mol. The van der Waals surface area contributed by atoms with Crippen molar-refractivity contribution in [3.05, 3.63) is 33.5 Å². The van der Waals surface area contributed by atoms with Crippen LogP contribution in [-0.4, -0.2) is 9.55 Å². The number of imidazole rings is 1. The molecule has 0 aliphatic heterocycles. The topological polar surface area (TPSA) is 43.8 Å². The number of nitrogen functional groups attached to an aromatic ring is 1. The quantitative estimate of drug-likeness (QED) is 0.835. The number of halogens is 2. The van der Waals surface area contributed by atoms with E-state index in [4.69, 9.17) is 17.3 Å². The molecule has 1 aromatic heterocycles. The summed E-state index contributed by atoms with van der Waals surface area (Å²) in [5, 5.41) is 0.653. The summed E-state index contributed by atoms with van der Waals surface area (Å²) >= 11 is 9.51. The van der Waals surface area contributed by atoms with Gasteiger partial charge in [0.05, 0.1) is 5.02 Å². The molecule has 19 heavy (non-hydrogen) atoms. The Labute approximate surface area is 126 Å². The lowest BCUT2D eigenvalue weighted by Crippen LogP contribution is -2.17. The Morgan fingerprint density at radius 3 is 2.42 bits per heavy atom. The smallest absolute Gasteiger partial charge is 0.131 e. The van der Waals surface area contributed by atoms with Gasteiger partial charge in [-0.1, -0.05) is 38.4 Å². The lowest BCUT2D eigenvalue weighted by molar-refractivity contribution is 0.524. The van der Waals surface area contributed by atoms with E-state index in [1.807, 2.05) is 29.8 Å². The van der Waals surface area contributed by atoms with Gasteiger partial charge in [0.25, 0.3) is 0 Å². The van der Waals surface area contributed by atoms with Gasteiger partial charge in [0.15, 0.2) is 0 Å². The van der Waals surface area contributed by atoms with E-state index in [-0.39, 0.29) is 5.41 Å². The molecule has 0 spiro atoms. The van der Waals surface area contributed by atoms with Gasteiger partial charge in [0.1, 0.15) is 17.3 Å². The van der Waals surface area contributed by atoms with E-state index >= 15 is 0 Å². The van der Waals surface area contributed by atoms with E-state index in [1.165, 1.54) is 0 Å². The number of hydrogen-bond acceptors (Lipinski definition) is 2. The molecule has 0 fully saturated rings. The highest BCUT2D eigenvalue weighted by Gasteiger charge is 2.23. The molecule has 1 heterocycles. The largest absolute Gasteiger partial charge is 0.383 e. The fourth-order valence-electron chi connectivity index (χ4n) is 2.04. The third kappa shape index (κ3) is 2.65. The fraction of sp³-hybridized carbons (Fsp3) is 0.357. The van der Waals surface area contributed by atoms with Crippen molar-refractivity contribution in [2.45, 2.75) is 26.2 Å². The van der Waals surface area contributed by atoms with Crippen molar-refractivity contribution in [1.29, 1.82) is 0 Å². The van der Waals surface area contributed by atoms with Crippen molar-refractivity contribution in [1.82, 2.24) is 9.55 Å². The molecule has 2 rings (SSSR count). The number of nitrogens with zero attached hydrogens (tertiary/aromatic N) is 2. The van der Waals surface area contributed by atoms with Crippen LogP contribution in [0.15, 0.2) is 22.7 Å². The third-order valence-corrected chi connectivity index (χ3v) is 4.24. The summed E-state index contributed by atoms with van der Waals surface area (Å²) in [5.74, 6) is 1.61. The Kier molecular flexibility index (Phi) is 3.67. The fourth-order valence-corrected chi connectivity index (χ4v) is 2.46. The van der Waals surface area contributed by atoms with Crippen molar-refractivity contribution in [3.8, 4) is 11.3 Å². The Morgan fingerprint density at radius 2 is 1.95 bits per heavy atom. The van der Waals surface area contributed by atoms with Crippen molar-refractivity contribution in [2.75, 3.05) is 5.73 Å². The molecular weight excluding hydrogens is 326 g/mol. The molecule has 5 heteroatoms. The van der Waals surface area contributed by atoms with Crippen molar-refractivity contribution < 1.29 is 0 Å². The van der Waals surface area contributed by atoms with Gasteiger partial charge in [0, 0.05) is 22.5 Å². The predicted octanol–water partition coefficient (Wildman–Crippen LogP) is 4.38. The summed E-state index contributed by atoms with van der Waals surface area (Å²) in [6.45, 7) is 6.35. The summed E-state index contributed by atoms with van der Waals surface area (Å²) in [4.78, 5) is 4.69. The second kappa shape index (κ2) is 4.84. The molecule has 0 unspecified atom stereocenters. The van der Waals surface area contributed by atoms with E-state index < -0.39 is 0 Å². The van der Waals surface area contributed by atoms with Crippen LogP contribution in [0.5, 0.6) is 0 Å². The second-order valence-electron chi connectivity index (χ2n) is 5.61. The maximum atomic E-state index is 6.17. The Bertz CT molecular complexity index is 626. The number of anilines is 1. The van der Waals surface area contributed by atoms with Gasteiger partial charge in [-0.25, -0.2) is 4.98 Å². The zero-order valence-electron chi connectivity index (χ0n) is 11.5. The molecular formula is C14H17BrClN3. The molecule has 1 aromatic carbocycles. The summed E-state index contributed by atoms with van der Waals surface area (Å²) in [7, 11) is 1.94. The van der Waals surface area contributed by atoms with Gasteiger partial charge < -0.3 is 10.3 Å². The number of rotatable bonds is 1. The maximum absolute atomic E-state index is 6.17. The van der Waals surface area contributed by atoms with E-state index in [9.17, 15) is 0 Å². The average Bonchev–Trinajstić information content (AvgIpc) is 2.60. The van der Waals surface area contributed by atoms with Crippen LogP contribution < -0.4 is 5.73 Å². The summed E-state index contributed by atoms with van der Waals surface area (Å²) in [6.07, 6.45) is 0. The third-order valence-electron chi connectivity index (χ3n) is 3.00. The standard InChI is InChI=1S/C14H17BrClN3/c1-14(2,3)13-18-11(12(17)19(13)4)8-5-6-9(15)10(16)7-8/h5-7H,17H2,1-4H3. The van der Waals surface area contributed by atoms with Crippen molar-refractivity contribution in [3.63, 3.8) is 0 Å². The van der Waals surface area contributed by atoms with Gasteiger partial charge in [-0.15, -0.1) is 0 Å². The second-order valence-corrected chi connectivity index (χ2v) is 6.87.